The van der Waals surface area contributed by atoms with Crippen LogP contribution in [0.3, 0.4) is 0 Å². The molecule has 0 aromatic carbocycles. The Balaban J connectivity index is 2.48. The van der Waals surface area contributed by atoms with Gasteiger partial charge in [0.1, 0.15) is 0 Å². The molecule has 3 heteroatoms. The Kier molecular flexibility index (Phi) is 2.52. The van der Waals surface area contributed by atoms with Crippen LogP contribution in [0.1, 0.15) is 6.92 Å². The Labute approximate surface area is 68.8 Å². The van der Waals surface area contributed by atoms with E-state index in [9.17, 15) is 5.11 Å². The van der Waals surface area contributed by atoms with Crippen molar-refractivity contribution in [3.05, 3.63) is 0 Å². The van der Waals surface area contributed by atoms with E-state index in [2.05, 4.69) is 19.0 Å². The molecule has 0 spiro atoms. The zero-order chi connectivity index (χ0) is 8.48. The van der Waals surface area contributed by atoms with Crippen molar-refractivity contribution in [2.24, 2.45) is 0 Å². The average molecular weight is 159 g/mol. The summed E-state index contributed by atoms with van der Waals surface area (Å²) in [5, 5.41) is 9.48. The molecular formula is C8H19N2O+. The van der Waals surface area contributed by atoms with E-state index in [1.54, 1.807) is 0 Å². The van der Waals surface area contributed by atoms with Crippen LogP contribution in [0.2, 0.25) is 0 Å². The first-order valence-corrected chi connectivity index (χ1v) is 4.25. The van der Waals surface area contributed by atoms with E-state index in [0.29, 0.717) is 0 Å². The highest BCUT2D eigenvalue weighted by Gasteiger charge is 2.31. The van der Waals surface area contributed by atoms with Gasteiger partial charge in [-0.15, -0.1) is 0 Å². The molecule has 0 amide bonds. The molecule has 66 valence electrons. The fourth-order valence-electron chi connectivity index (χ4n) is 1.40. The van der Waals surface area contributed by atoms with Gasteiger partial charge in [-0.1, -0.05) is 0 Å². The molecule has 3 nitrogen and oxygen atoms in total. The predicted molar refractivity (Wildman–Crippen MR) is 45.1 cm³/mol. The summed E-state index contributed by atoms with van der Waals surface area (Å²) in [5.74, 6) is 0. The smallest absolute Gasteiger partial charge is 0.187 e. The van der Waals surface area contributed by atoms with Gasteiger partial charge >= 0.3 is 0 Å². The minimum Gasteiger partial charge on any atom is -0.345 e. The normalized spacial score (nSPS) is 28.4. The molecule has 1 fully saturated rings. The topological polar surface area (TPSA) is 23.5 Å². The number of rotatable bonds is 1. The largest absolute Gasteiger partial charge is 0.345 e. The number of aliphatic hydroxyl groups is 1. The van der Waals surface area contributed by atoms with Crippen molar-refractivity contribution in [2.75, 3.05) is 40.3 Å². The van der Waals surface area contributed by atoms with Gasteiger partial charge in [-0.2, -0.15) is 0 Å². The van der Waals surface area contributed by atoms with Crippen molar-refractivity contribution < 1.29 is 9.59 Å². The summed E-state index contributed by atoms with van der Waals surface area (Å²) < 4.78 is 0.810. The third-order valence-corrected chi connectivity index (χ3v) is 2.89. The van der Waals surface area contributed by atoms with Crippen molar-refractivity contribution >= 4 is 0 Å². The van der Waals surface area contributed by atoms with Gasteiger partial charge in [0, 0.05) is 20.0 Å². The molecule has 1 aliphatic heterocycles. The molecule has 1 rings (SSSR count). The maximum Gasteiger partial charge on any atom is 0.187 e. The standard InChI is InChI=1S/C8H19N2O/c1-8(11)10(3)6-4-9(2)5-7-10/h8,11H,4-7H2,1-3H3/q+1. The molecule has 1 aliphatic rings. The number of hydrogen-bond acceptors (Lipinski definition) is 2. The zero-order valence-corrected chi connectivity index (χ0v) is 7.75. The Morgan fingerprint density at radius 3 is 2.18 bits per heavy atom. The van der Waals surface area contributed by atoms with Gasteiger partial charge in [0.15, 0.2) is 6.23 Å². The van der Waals surface area contributed by atoms with Gasteiger partial charge in [-0.05, 0) is 7.05 Å². The summed E-state index contributed by atoms with van der Waals surface area (Å²) in [7, 11) is 4.25. The second-order valence-electron chi connectivity index (χ2n) is 3.86. The number of hydrogen-bond donors (Lipinski definition) is 1. The highest BCUT2D eigenvalue weighted by atomic mass is 16.3. The molecule has 0 aromatic rings. The van der Waals surface area contributed by atoms with Crippen molar-refractivity contribution in [3.8, 4) is 0 Å². The molecule has 1 heterocycles. The summed E-state index contributed by atoms with van der Waals surface area (Å²) in [6, 6.07) is 0. The second-order valence-corrected chi connectivity index (χ2v) is 3.86. The third kappa shape index (κ3) is 1.92. The first-order valence-electron chi connectivity index (χ1n) is 4.25. The molecule has 1 N–H and O–H groups in total. The fraction of sp³-hybridized carbons (Fsp3) is 1.00. The van der Waals surface area contributed by atoms with E-state index in [4.69, 9.17) is 0 Å². The minimum atomic E-state index is -0.219. The zero-order valence-electron chi connectivity index (χ0n) is 7.75. The van der Waals surface area contributed by atoms with Crippen molar-refractivity contribution in [3.63, 3.8) is 0 Å². The lowest BCUT2D eigenvalue weighted by molar-refractivity contribution is -0.955. The van der Waals surface area contributed by atoms with E-state index >= 15 is 0 Å². The summed E-state index contributed by atoms with van der Waals surface area (Å²) in [5.41, 5.74) is 0. The van der Waals surface area contributed by atoms with Crippen LogP contribution in [-0.2, 0) is 0 Å². The first kappa shape index (κ1) is 8.97. The average Bonchev–Trinajstić information content (AvgIpc) is 1.95. The van der Waals surface area contributed by atoms with Crippen LogP contribution in [0, 0.1) is 0 Å². The lowest BCUT2D eigenvalue weighted by Gasteiger charge is -2.42. The summed E-state index contributed by atoms with van der Waals surface area (Å²) in [6.07, 6.45) is -0.219. The Morgan fingerprint density at radius 1 is 1.36 bits per heavy atom. The maximum absolute atomic E-state index is 9.48. The van der Waals surface area contributed by atoms with Crippen molar-refractivity contribution in [2.45, 2.75) is 13.2 Å². The van der Waals surface area contributed by atoms with E-state index in [0.717, 1.165) is 30.7 Å². The molecule has 0 aromatic heterocycles. The number of aliphatic hydroxyl groups excluding tert-OH is 1. The molecule has 1 unspecified atom stereocenters. The number of nitrogens with zero attached hydrogens (tertiary/aromatic N) is 2. The van der Waals surface area contributed by atoms with Gasteiger partial charge in [0.2, 0.25) is 0 Å². The molecule has 0 bridgehead atoms. The quantitative estimate of drug-likeness (QED) is 0.532. The summed E-state index contributed by atoms with van der Waals surface area (Å²) >= 11 is 0. The number of likely N-dealkylation sites (N-methyl/N-ethyl adjacent to an activating group) is 2. The molecule has 0 aliphatic carbocycles. The molecule has 11 heavy (non-hydrogen) atoms. The Hall–Kier alpha value is -0.120. The van der Waals surface area contributed by atoms with Crippen LogP contribution in [0.15, 0.2) is 0 Å². The maximum atomic E-state index is 9.48. The predicted octanol–water partition coefficient (Wildman–Crippen LogP) is -0.283. The van der Waals surface area contributed by atoms with Crippen LogP contribution in [0.4, 0.5) is 0 Å². The van der Waals surface area contributed by atoms with Crippen LogP contribution >= 0.6 is 0 Å². The van der Waals surface area contributed by atoms with Gasteiger partial charge in [-0.3, -0.25) is 9.38 Å². The van der Waals surface area contributed by atoms with E-state index < -0.39 is 0 Å². The Morgan fingerprint density at radius 2 is 1.82 bits per heavy atom. The Bertz CT molecular complexity index is 128. The highest BCUT2D eigenvalue weighted by Crippen LogP contribution is 2.11. The lowest BCUT2D eigenvalue weighted by Crippen LogP contribution is -2.60. The number of quaternary nitrogens is 1. The minimum absolute atomic E-state index is 0.219. The van der Waals surface area contributed by atoms with Crippen LogP contribution < -0.4 is 0 Å². The van der Waals surface area contributed by atoms with Crippen LogP contribution in [0.25, 0.3) is 0 Å². The summed E-state index contributed by atoms with van der Waals surface area (Å²) in [6.45, 7) is 6.20. The molecule has 1 saturated heterocycles. The highest BCUT2D eigenvalue weighted by molar-refractivity contribution is 4.58. The van der Waals surface area contributed by atoms with Crippen molar-refractivity contribution in [1.82, 2.24) is 4.90 Å². The molecule has 1 atom stereocenters. The SMILES string of the molecule is CC(O)[N+]1(C)CCN(C)CC1. The van der Waals surface area contributed by atoms with Gasteiger partial charge in [0.05, 0.1) is 20.1 Å². The van der Waals surface area contributed by atoms with Crippen LogP contribution in [-0.4, -0.2) is 61.0 Å². The van der Waals surface area contributed by atoms with Gasteiger partial charge in [-0.25, -0.2) is 0 Å². The van der Waals surface area contributed by atoms with Gasteiger partial charge in [0.25, 0.3) is 0 Å². The lowest BCUT2D eigenvalue weighted by atomic mass is 10.2. The molecule has 0 radical (unpaired) electrons. The molecule has 0 saturated carbocycles. The van der Waals surface area contributed by atoms with E-state index in [1.807, 2.05) is 6.92 Å². The second kappa shape index (κ2) is 3.09. The monoisotopic (exact) mass is 159 g/mol. The van der Waals surface area contributed by atoms with E-state index in [1.165, 1.54) is 0 Å². The number of piperazine rings is 1. The summed E-state index contributed by atoms with van der Waals surface area (Å²) in [4.78, 5) is 2.31. The van der Waals surface area contributed by atoms with Crippen molar-refractivity contribution in [1.29, 1.82) is 0 Å². The fourth-order valence-corrected chi connectivity index (χ4v) is 1.40. The third-order valence-electron chi connectivity index (χ3n) is 2.89. The van der Waals surface area contributed by atoms with E-state index in [-0.39, 0.29) is 6.23 Å². The first-order chi connectivity index (χ1) is 5.04. The molecular weight excluding hydrogens is 140 g/mol. The van der Waals surface area contributed by atoms with Crippen LogP contribution in [0.5, 0.6) is 0 Å². The van der Waals surface area contributed by atoms with Gasteiger partial charge < -0.3 is 5.11 Å².